The molecule has 0 unspecified atom stereocenters. The van der Waals surface area contributed by atoms with Crippen LogP contribution in [0, 0.1) is 5.82 Å². The van der Waals surface area contributed by atoms with E-state index in [1.807, 2.05) is 24.3 Å². The zero-order valence-corrected chi connectivity index (χ0v) is 17.9. The van der Waals surface area contributed by atoms with Crippen LogP contribution in [0.15, 0.2) is 48.5 Å². The summed E-state index contributed by atoms with van der Waals surface area (Å²) in [5.41, 5.74) is 1.33. The molecule has 2 amide bonds. The molecule has 0 spiro atoms. The van der Waals surface area contributed by atoms with E-state index < -0.39 is 5.82 Å². The number of rotatable bonds is 4. The fourth-order valence-corrected chi connectivity index (χ4v) is 3.46. The predicted octanol–water partition coefficient (Wildman–Crippen LogP) is 3.88. The van der Waals surface area contributed by atoms with E-state index in [0.717, 1.165) is 0 Å². The summed E-state index contributed by atoms with van der Waals surface area (Å²) in [6.45, 7) is 8.21. The lowest BCUT2D eigenvalue weighted by Gasteiger charge is -2.22. The lowest BCUT2D eigenvalue weighted by Crippen LogP contribution is -2.39. The largest absolute Gasteiger partial charge is 0.484 e. The second-order valence-corrected chi connectivity index (χ2v) is 8.57. The monoisotopic (exact) mass is 412 g/mol. The Kier molecular flexibility index (Phi) is 6.75. The normalized spacial score (nSPS) is 14.9. The summed E-state index contributed by atoms with van der Waals surface area (Å²) in [6, 6.07) is 13.8. The van der Waals surface area contributed by atoms with Gasteiger partial charge in [-0.2, -0.15) is 0 Å². The van der Waals surface area contributed by atoms with Crippen molar-refractivity contribution in [1.29, 1.82) is 0 Å². The SMILES string of the molecule is CC(C)(C)c1ccc(OCC(=O)N2CCCN(C(=O)c3ccccc3F)CC2)cc1. The molecular weight excluding hydrogens is 383 g/mol. The van der Waals surface area contributed by atoms with Crippen LogP contribution < -0.4 is 4.74 Å². The van der Waals surface area contributed by atoms with Gasteiger partial charge in [-0.15, -0.1) is 0 Å². The number of nitrogens with zero attached hydrogens (tertiary/aromatic N) is 2. The van der Waals surface area contributed by atoms with Crippen LogP contribution in [0.3, 0.4) is 0 Å². The standard InChI is InChI=1S/C24H29FN2O3/c1-24(2,3)18-9-11-19(12-10-18)30-17-22(28)26-13-6-14-27(16-15-26)23(29)20-7-4-5-8-21(20)25/h4-5,7-12H,6,13-17H2,1-3H3. The van der Waals surface area contributed by atoms with Crippen LogP contribution in [0.2, 0.25) is 0 Å². The van der Waals surface area contributed by atoms with E-state index >= 15 is 0 Å². The molecule has 1 aliphatic rings. The minimum atomic E-state index is -0.523. The number of ether oxygens (including phenoxy) is 1. The van der Waals surface area contributed by atoms with Crippen molar-refractivity contribution in [3.05, 3.63) is 65.5 Å². The first-order chi connectivity index (χ1) is 14.3. The predicted molar refractivity (Wildman–Crippen MR) is 114 cm³/mol. The second kappa shape index (κ2) is 9.28. The highest BCUT2D eigenvalue weighted by atomic mass is 19.1. The van der Waals surface area contributed by atoms with Gasteiger partial charge in [-0.3, -0.25) is 9.59 Å². The Morgan fingerprint density at radius 2 is 1.57 bits per heavy atom. The molecule has 0 atom stereocenters. The first-order valence-corrected chi connectivity index (χ1v) is 10.3. The lowest BCUT2D eigenvalue weighted by molar-refractivity contribution is -0.133. The van der Waals surface area contributed by atoms with Gasteiger partial charge in [-0.25, -0.2) is 4.39 Å². The number of hydrogen-bond donors (Lipinski definition) is 0. The minimum Gasteiger partial charge on any atom is -0.484 e. The molecule has 0 bridgehead atoms. The Bertz CT molecular complexity index is 890. The summed E-state index contributed by atoms with van der Waals surface area (Å²) in [6.07, 6.45) is 0.645. The van der Waals surface area contributed by atoms with E-state index in [4.69, 9.17) is 4.74 Å². The van der Waals surface area contributed by atoms with E-state index in [0.29, 0.717) is 38.3 Å². The second-order valence-electron chi connectivity index (χ2n) is 8.57. The van der Waals surface area contributed by atoms with E-state index in [1.165, 1.54) is 17.7 Å². The molecule has 3 rings (SSSR count). The molecule has 0 radical (unpaired) electrons. The summed E-state index contributed by atoms with van der Waals surface area (Å²) in [4.78, 5) is 28.5. The summed E-state index contributed by atoms with van der Waals surface area (Å²) < 4.78 is 19.6. The molecule has 0 aromatic heterocycles. The minimum absolute atomic E-state index is 0.0455. The zero-order chi connectivity index (χ0) is 21.7. The van der Waals surface area contributed by atoms with E-state index in [9.17, 15) is 14.0 Å². The first kappa shape index (κ1) is 21.8. The van der Waals surface area contributed by atoms with Gasteiger partial charge in [0.25, 0.3) is 11.8 Å². The fourth-order valence-electron chi connectivity index (χ4n) is 3.46. The molecule has 0 saturated carbocycles. The van der Waals surface area contributed by atoms with Gasteiger partial charge in [0.2, 0.25) is 0 Å². The van der Waals surface area contributed by atoms with Gasteiger partial charge in [-0.1, -0.05) is 45.0 Å². The van der Waals surface area contributed by atoms with Crippen molar-refractivity contribution in [2.24, 2.45) is 0 Å². The molecule has 1 aliphatic heterocycles. The van der Waals surface area contributed by atoms with Crippen LogP contribution >= 0.6 is 0 Å². The van der Waals surface area contributed by atoms with Crippen molar-refractivity contribution in [2.45, 2.75) is 32.6 Å². The molecule has 1 heterocycles. The average Bonchev–Trinajstić information content (AvgIpc) is 2.98. The Labute approximate surface area is 177 Å². The van der Waals surface area contributed by atoms with Crippen molar-refractivity contribution in [2.75, 3.05) is 32.8 Å². The molecule has 30 heavy (non-hydrogen) atoms. The zero-order valence-electron chi connectivity index (χ0n) is 17.9. The van der Waals surface area contributed by atoms with E-state index in [1.54, 1.807) is 21.9 Å². The van der Waals surface area contributed by atoms with Crippen molar-refractivity contribution < 1.29 is 18.7 Å². The maximum absolute atomic E-state index is 13.9. The van der Waals surface area contributed by atoms with E-state index in [2.05, 4.69) is 20.8 Å². The molecule has 1 saturated heterocycles. The molecule has 6 heteroatoms. The Balaban J connectivity index is 1.53. The van der Waals surface area contributed by atoms with Crippen molar-refractivity contribution >= 4 is 11.8 Å². The van der Waals surface area contributed by atoms with Gasteiger partial charge in [0.15, 0.2) is 6.61 Å². The highest BCUT2D eigenvalue weighted by Gasteiger charge is 2.24. The van der Waals surface area contributed by atoms with Crippen LogP contribution in [0.4, 0.5) is 4.39 Å². The van der Waals surface area contributed by atoms with Crippen LogP contribution in [-0.2, 0) is 10.2 Å². The molecule has 0 N–H and O–H groups in total. The van der Waals surface area contributed by atoms with Crippen molar-refractivity contribution in [1.82, 2.24) is 9.80 Å². The Hall–Kier alpha value is -2.89. The van der Waals surface area contributed by atoms with Crippen molar-refractivity contribution in [3.8, 4) is 5.75 Å². The van der Waals surface area contributed by atoms with Gasteiger partial charge in [0.1, 0.15) is 11.6 Å². The summed E-state index contributed by atoms with van der Waals surface area (Å²) >= 11 is 0. The number of carbonyl (C=O) groups excluding carboxylic acids is 2. The van der Waals surface area contributed by atoms with Crippen LogP contribution in [-0.4, -0.2) is 54.4 Å². The topological polar surface area (TPSA) is 49.9 Å². The third-order valence-corrected chi connectivity index (χ3v) is 5.32. The Morgan fingerprint density at radius 1 is 0.933 bits per heavy atom. The first-order valence-electron chi connectivity index (χ1n) is 10.3. The fraction of sp³-hybridized carbons (Fsp3) is 0.417. The number of amides is 2. The maximum Gasteiger partial charge on any atom is 0.260 e. The molecule has 2 aromatic rings. The summed E-state index contributed by atoms with van der Waals surface area (Å²) in [5, 5.41) is 0. The number of carbonyl (C=O) groups is 2. The van der Waals surface area contributed by atoms with E-state index in [-0.39, 0.29) is 29.4 Å². The van der Waals surface area contributed by atoms with Crippen LogP contribution in [0.25, 0.3) is 0 Å². The lowest BCUT2D eigenvalue weighted by atomic mass is 9.87. The number of benzene rings is 2. The van der Waals surface area contributed by atoms with Crippen LogP contribution in [0.5, 0.6) is 5.75 Å². The van der Waals surface area contributed by atoms with Crippen molar-refractivity contribution in [3.63, 3.8) is 0 Å². The summed E-state index contributed by atoms with van der Waals surface area (Å²) in [5.74, 6) is -0.319. The molecular formula is C24H29FN2O3. The molecule has 0 aliphatic carbocycles. The Morgan fingerprint density at radius 3 is 2.23 bits per heavy atom. The molecule has 160 valence electrons. The highest BCUT2D eigenvalue weighted by molar-refractivity contribution is 5.94. The quantitative estimate of drug-likeness (QED) is 0.766. The summed E-state index contributed by atoms with van der Waals surface area (Å²) in [7, 11) is 0. The van der Waals surface area contributed by atoms with Gasteiger partial charge >= 0.3 is 0 Å². The van der Waals surface area contributed by atoms with Gasteiger partial charge in [0, 0.05) is 26.2 Å². The number of halogens is 1. The molecule has 2 aromatic carbocycles. The molecule has 1 fully saturated rings. The molecule has 5 nitrogen and oxygen atoms in total. The van der Waals surface area contributed by atoms with Gasteiger partial charge in [-0.05, 0) is 41.7 Å². The maximum atomic E-state index is 13.9. The van der Waals surface area contributed by atoms with Gasteiger partial charge < -0.3 is 14.5 Å². The average molecular weight is 413 g/mol. The smallest absolute Gasteiger partial charge is 0.260 e. The van der Waals surface area contributed by atoms with Crippen LogP contribution in [0.1, 0.15) is 43.1 Å². The third kappa shape index (κ3) is 5.38. The highest BCUT2D eigenvalue weighted by Crippen LogP contribution is 2.24. The third-order valence-electron chi connectivity index (χ3n) is 5.32. The number of hydrogen-bond acceptors (Lipinski definition) is 3. The van der Waals surface area contributed by atoms with Gasteiger partial charge in [0.05, 0.1) is 5.56 Å².